The first-order chi connectivity index (χ1) is 7.72. The maximum Gasteiger partial charge on any atom is 0.125 e. The SMILES string of the molecule is Cc1nc(-c2cccnc2)sc1C(O)CN. The summed E-state index contributed by atoms with van der Waals surface area (Å²) in [6.07, 6.45) is 2.86. The van der Waals surface area contributed by atoms with Crippen LogP contribution in [0, 0.1) is 6.92 Å². The standard InChI is InChI=1S/C11H13N3OS/c1-7-10(9(15)5-12)16-11(14-7)8-3-2-4-13-6-8/h2-4,6,9,15H,5,12H2,1H3. The average molecular weight is 235 g/mol. The first kappa shape index (κ1) is 11.2. The number of aliphatic hydroxyl groups is 1. The molecule has 1 unspecified atom stereocenters. The van der Waals surface area contributed by atoms with Crippen LogP contribution < -0.4 is 5.73 Å². The van der Waals surface area contributed by atoms with Gasteiger partial charge in [0.25, 0.3) is 0 Å². The number of thiazole rings is 1. The monoisotopic (exact) mass is 235 g/mol. The number of aryl methyl sites for hydroxylation is 1. The molecule has 5 heteroatoms. The lowest BCUT2D eigenvalue weighted by Crippen LogP contribution is -2.10. The van der Waals surface area contributed by atoms with Gasteiger partial charge in [0.15, 0.2) is 0 Å². The average Bonchev–Trinajstić information content (AvgIpc) is 2.71. The second kappa shape index (κ2) is 4.69. The maximum atomic E-state index is 9.70. The number of aromatic nitrogens is 2. The van der Waals surface area contributed by atoms with E-state index in [1.807, 2.05) is 19.1 Å². The van der Waals surface area contributed by atoms with Gasteiger partial charge in [0.2, 0.25) is 0 Å². The summed E-state index contributed by atoms with van der Waals surface area (Å²) < 4.78 is 0. The van der Waals surface area contributed by atoms with E-state index in [1.54, 1.807) is 12.4 Å². The van der Waals surface area contributed by atoms with Crippen LogP contribution in [0.2, 0.25) is 0 Å². The lowest BCUT2D eigenvalue weighted by atomic mass is 10.2. The van der Waals surface area contributed by atoms with Crippen molar-refractivity contribution in [3.8, 4) is 10.6 Å². The first-order valence-corrected chi connectivity index (χ1v) is 5.80. The van der Waals surface area contributed by atoms with Crippen LogP contribution in [0.25, 0.3) is 10.6 Å². The van der Waals surface area contributed by atoms with Crippen LogP contribution in [0.5, 0.6) is 0 Å². The Hall–Kier alpha value is -1.30. The minimum Gasteiger partial charge on any atom is -0.386 e. The van der Waals surface area contributed by atoms with E-state index in [0.717, 1.165) is 21.1 Å². The Morgan fingerprint density at radius 2 is 2.38 bits per heavy atom. The normalized spacial score (nSPS) is 12.7. The minimum absolute atomic E-state index is 0.218. The summed E-state index contributed by atoms with van der Waals surface area (Å²) in [7, 11) is 0. The molecule has 0 saturated carbocycles. The van der Waals surface area contributed by atoms with E-state index in [-0.39, 0.29) is 6.54 Å². The van der Waals surface area contributed by atoms with Crippen molar-refractivity contribution in [3.05, 3.63) is 35.1 Å². The molecule has 3 N–H and O–H groups in total. The van der Waals surface area contributed by atoms with Gasteiger partial charge >= 0.3 is 0 Å². The topological polar surface area (TPSA) is 72.0 Å². The smallest absolute Gasteiger partial charge is 0.125 e. The van der Waals surface area contributed by atoms with Gasteiger partial charge in [-0.05, 0) is 19.1 Å². The second-order valence-electron chi connectivity index (χ2n) is 3.46. The molecule has 0 radical (unpaired) electrons. The predicted molar refractivity (Wildman–Crippen MR) is 64.1 cm³/mol. The van der Waals surface area contributed by atoms with Gasteiger partial charge in [-0.3, -0.25) is 4.98 Å². The third kappa shape index (κ3) is 2.11. The zero-order chi connectivity index (χ0) is 11.5. The predicted octanol–water partition coefficient (Wildman–Crippen LogP) is 1.51. The molecule has 4 nitrogen and oxygen atoms in total. The lowest BCUT2D eigenvalue weighted by Gasteiger charge is -2.03. The fraction of sp³-hybridized carbons (Fsp3) is 0.273. The van der Waals surface area contributed by atoms with Crippen LogP contribution in [-0.2, 0) is 0 Å². The Labute approximate surface area is 97.8 Å². The number of pyridine rings is 1. The number of hydrogen-bond donors (Lipinski definition) is 2. The fourth-order valence-corrected chi connectivity index (χ4v) is 2.49. The van der Waals surface area contributed by atoms with Gasteiger partial charge in [-0.2, -0.15) is 0 Å². The number of nitrogens with zero attached hydrogens (tertiary/aromatic N) is 2. The Morgan fingerprint density at radius 3 is 3.00 bits per heavy atom. The molecule has 0 aliphatic carbocycles. The first-order valence-electron chi connectivity index (χ1n) is 4.98. The molecular formula is C11H13N3OS. The number of hydrogen-bond acceptors (Lipinski definition) is 5. The molecule has 1 atom stereocenters. The fourth-order valence-electron chi connectivity index (χ4n) is 1.44. The van der Waals surface area contributed by atoms with Crippen LogP contribution in [0.4, 0.5) is 0 Å². The molecule has 0 amide bonds. The Morgan fingerprint density at radius 1 is 1.56 bits per heavy atom. The molecule has 84 valence electrons. The summed E-state index contributed by atoms with van der Waals surface area (Å²) in [5, 5.41) is 10.6. The molecule has 2 heterocycles. The maximum absolute atomic E-state index is 9.70. The van der Waals surface area contributed by atoms with Crippen LogP contribution >= 0.6 is 11.3 Å². The van der Waals surface area contributed by atoms with Crippen LogP contribution in [0.3, 0.4) is 0 Å². The van der Waals surface area contributed by atoms with Crippen molar-refractivity contribution < 1.29 is 5.11 Å². The highest BCUT2D eigenvalue weighted by molar-refractivity contribution is 7.15. The van der Waals surface area contributed by atoms with Gasteiger partial charge in [-0.25, -0.2) is 4.98 Å². The molecule has 2 rings (SSSR count). The summed E-state index contributed by atoms with van der Waals surface area (Å²) in [5.74, 6) is 0. The van der Waals surface area contributed by atoms with E-state index in [1.165, 1.54) is 11.3 Å². The molecule has 0 spiro atoms. The van der Waals surface area contributed by atoms with Crippen molar-refractivity contribution in [2.24, 2.45) is 5.73 Å². The quantitative estimate of drug-likeness (QED) is 0.845. The summed E-state index contributed by atoms with van der Waals surface area (Å²) in [4.78, 5) is 9.29. The van der Waals surface area contributed by atoms with Crippen molar-refractivity contribution in [3.63, 3.8) is 0 Å². The molecule has 0 fully saturated rings. The van der Waals surface area contributed by atoms with E-state index in [9.17, 15) is 5.11 Å². The molecule has 0 bridgehead atoms. The Balaban J connectivity index is 2.38. The molecule has 0 aromatic carbocycles. The summed E-state index contributed by atoms with van der Waals surface area (Å²) in [6, 6.07) is 3.81. The van der Waals surface area contributed by atoms with Gasteiger partial charge in [0.05, 0.1) is 10.6 Å². The minimum atomic E-state index is -0.622. The van der Waals surface area contributed by atoms with Crippen molar-refractivity contribution in [2.45, 2.75) is 13.0 Å². The second-order valence-corrected chi connectivity index (χ2v) is 4.49. The van der Waals surface area contributed by atoms with Crippen LogP contribution in [0.1, 0.15) is 16.7 Å². The van der Waals surface area contributed by atoms with Crippen molar-refractivity contribution >= 4 is 11.3 Å². The number of aliphatic hydroxyl groups excluding tert-OH is 1. The van der Waals surface area contributed by atoms with Gasteiger partial charge in [-0.15, -0.1) is 11.3 Å². The van der Waals surface area contributed by atoms with E-state index in [4.69, 9.17) is 5.73 Å². The highest BCUT2D eigenvalue weighted by atomic mass is 32.1. The van der Waals surface area contributed by atoms with Gasteiger partial charge < -0.3 is 10.8 Å². The summed E-state index contributed by atoms with van der Waals surface area (Å²) in [5.41, 5.74) is 7.24. The molecule has 2 aromatic rings. The van der Waals surface area contributed by atoms with Gasteiger partial charge in [0, 0.05) is 24.5 Å². The lowest BCUT2D eigenvalue weighted by molar-refractivity contribution is 0.189. The number of rotatable bonds is 3. The van der Waals surface area contributed by atoms with Crippen molar-refractivity contribution in [2.75, 3.05) is 6.54 Å². The van der Waals surface area contributed by atoms with Gasteiger partial charge in [-0.1, -0.05) is 0 Å². The van der Waals surface area contributed by atoms with E-state index in [2.05, 4.69) is 9.97 Å². The molecule has 0 aliphatic rings. The van der Waals surface area contributed by atoms with Gasteiger partial charge in [0.1, 0.15) is 11.1 Å². The molecular weight excluding hydrogens is 222 g/mol. The zero-order valence-corrected chi connectivity index (χ0v) is 9.74. The molecule has 0 aliphatic heterocycles. The molecule has 16 heavy (non-hydrogen) atoms. The Kier molecular flexibility index (Phi) is 3.28. The van der Waals surface area contributed by atoms with Crippen molar-refractivity contribution in [1.29, 1.82) is 0 Å². The largest absolute Gasteiger partial charge is 0.386 e. The third-order valence-corrected chi connectivity index (χ3v) is 3.57. The molecule has 2 aromatic heterocycles. The zero-order valence-electron chi connectivity index (χ0n) is 8.92. The van der Waals surface area contributed by atoms with Crippen molar-refractivity contribution in [1.82, 2.24) is 9.97 Å². The van der Waals surface area contributed by atoms with Crippen LogP contribution in [0.15, 0.2) is 24.5 Å². The summed E-state index contributed by atoms with van der Waals surface area (Å²) >= 11 is 1.46. The highest BCUT2D eigenvalue weighted by Gasteiger charge is 2.15. The third-order valence-electron chi connectivity index (χ3n) is 2.27. The van der Waals surface area contributed by atoms with Crippen LogP contribution in [-0.4, -0.2) is 21.6 Å². The highest BCUT2D eigenvalue weighted by Crippen LogP contribution is 2.30. The summed E-state index contributed by atoms with van der Waals surface area (Å²) in [6.45, 7) is 2.10. The molecule has 0 saturated heterocycles. The number of nitrogens with two attached hydrogens (primary N) is 1. The van der Waals surface area contributed by atoms with E-state index in [0.29, 0.717) is 0 Å². The van der Waals surface area contributed by atoms with E-state index >= 15 is 0 Å². The van der Waals surface area contributed by atoms with E-state index < -0.39 is 6.10 Å². The Bertz CT molecular complexity index is 469.